The zero-order chi connectivity index (χ0) is 13.8. The van der Waals surface area contributed by atoms with Gasteiger partial charge in [-0.1, -0.05) is 29.8 Å². The van der Waals surface area contributed by atoms with Crippen molar-refractivity contribution < 1.29 is 0 Å². The van der Waals surface area contributed by atoms with Crippen molar-refractivity contribution in [1.29, 1.82) is 0 Å². The summed E-state index contributed by atoms with van der Waals surface area (Å²) in [4.78, 5) is 0. The van der Waals surface area contributed by atoms with Crippen molar-refractivity contribution in [3.8, 4) is 0 Å². The van der Waals surface area contributed by atoms with Crippen molar-refractivity contribution in [2.75, 3.05) is 0 Å². The van der Waals surface area contributed by atoms with Crippen LogP contribution in [0.3, 0.4) is 0 Å². The molecule has 0 aliphatic carbocycles. The molecule has 2 nitrogen and oxygen atoms in total. The van der Waals surface area contributed by atoms with Crippen LogP contribution in [0.4, 0.5) is 0 Å². The average molecular weight is 360 g/mol. The molecule has 1 heterocycles. The number of hydrogen-bond acceptors (Lipinski definition) is 2. The summed E-state index contributed by atoms with van der Waals surface area (Å²) in [6.07, 6.45) is 0. The Bertz CT molecular complexity index is 569. The van der Waals surface area contributed by atoms with Crippen molar-refractivity contribution >= 4 is 39.3 Å². The summed E-state index contributed by atoms with van der Waals surface area (Å²) in [5.41, 5.74) is 3.48. The number of thioether (sulfide) groups is 1. The highest BCUT2D eigenvalue weighted by Crippen LogP contribution is 2.28. The molecule has 0 aliphatic rings. The van der Waals surface area contributed by atoms with E-state index in [1.54, 1.807) is 0 Å². The molecule has 0 saturated carbocycles. The summed E-state index contributed by atoms with van der Waals surface area (Å²) < 4.78 is 3.18. The van der Waals surface area contributed by atoms with Gasteiger partial charge >= 0.3 is 0 Å². The second kappa shape index (κ2) is 6.82. The van der Waals surface area contributed by atoms with E-state index in [1.807, 2.05) is 36.9 Å². The van der Waals surface area contributed by atoms with E-state index in [4.69, 9.17) is 11.6 Å². The van der Waals surface area contributed by atoms with Crippen LogP contribution in [0, 0.1) is 6.92 Å². The van der Waals surface area contributed by atoms with E-state index in [-0.39, 0.29) is 0 Å². The Balaban J connectivity index is 2.02. The first-order valence-electron chi connectivity index (χ1n) is 6.16. The molecule has 2 rings (SSSR count). The van der Waals surface area contributed by atoms with Gasteiger partial charge in [0.1, 0.15) is 0 Å². The Labute approximate surface area is 131 Å². The highest BCUT2D eigenvalue weighted by molar-refractivity contribution is 9.10. The second-order valence-electron chi connectivity index (χ2n) is 4.25. The molecule has 0 radical (unpaired) electrons. The van der Waals surface area contributed by atoms with Crippen LogP contribution in [0.1, 0.15) is 23.9 Å². The fourth-order valence-corrected chi connectivity index (χ4v) is 3.83. The largest absolute Gasteiger partial charge is 0.268 e. The van der Waals surface area contributed by atoms with Gasteiger partial charge in [-0.3, -0.25) is 4.68 Å². The third-order valence-corrected chi connectivity index (χ3v) is 5.30. The van der Waals surface area contributed by atoms with Crippen LogP contribution < -0.4 is 0 Å². The lowest BCUT2D eigenvalue weighted by atomic mass is 10.2. The quantitative estimate of drug-likeness (QED) is 0.742. The molecule has 0 spiro atoms. The van der Waals surface area contributed by atoms with Gasteiger partial charge in [-0.25, -0.2) is 0 Å². The minimum atomic E-state index is 0.842. The number of rotatable bonds is 5. The Kier molecular flexibility index (Phi) is 5.37. The Morgan fingerprint density at radius 1 is 1.32 bits per heavy atom. The Morgan fingerprint density at radius 3 is 2.74 bits per heavy atom. The highest BCUT2D eigenvalue weighted by atomic mass is 79.9. The Hall–Kier alpha value is -0.450. The van der Waals surface area contributed by atoms with Crippen molar-refractivity contribution in [1.82, 2.24) is 9.78 Å². The zero-order valence-corrected chi connectivity index (χ0v) is 14.1. The second-order valence-corrected chi connectivity index (χ2v) is 6.43. The lowest BCUT2D eigenvalue weighted by molar-refractivity contribution is 0.631. The van der Waals surface area contributed by atoms with Crippen molar-refractivity contribution in [3.63, 3.8) is 0 Å². The molecule has 0 amide bonds. The predicted molar refractivity (Wildman–Crippen MR) is 86.8 cm³/mol. The van der Waals surface area contributed by atoms with Crippen LogP contribution >= 0.6 is 39.3 Å². The molecule has 19 heavy (non-hydrogen) atoms. The van der Waals surface area contributed by atoms with Crippen LogP contribution in [0.2, 0.25) is 5.02 Å². The molecule has 102 valence electrons. The van der Waals surface area contributed by atoms with Crippen LogP contribution in [-0.4, -0.2) is 9.78 Å². The molecule has 0 fully saturated rings. The van der Waals surface area contributed by atoms with Gasteiger partial charge in [-0.05, 0) is 41.4 Å². The number of halogens is 2. The van der Waals surface area contributed by atoms with Gasteiger partial charge in [-0.15, -0.1) is 0 Å². The maximum atomic E-state index is 6.16. The third-order valence-electron chi connectivity index (χ3n) is 2.91. The lowest BCUT2D eigenvalue weighted by Gasteiger charge is -2.06. The van der Waals surface area contributed by atoms with Gasteiger partial charge in [0.25, 0.3) is 0 Å². The third kappa shape index (κ3) is 3.56. The van der Waals surface area contributed by atoms with E-state index in [2.05, 4.69) is 38.7 Å². The topological polar surface area (TPSA) is 17.8 Å². The molecule has 2 aromatic rings. The van der Waals surface area contributed by atoms with Gasteiger partial charge in [0.2, 0.25) is 0 Å². The molecule has 0 N–H and O–H groups in total. The van der Waals surface area contributed by atoms with Crippen LogP contribution in [0.15, 0.2) is 28.7 Å². The number of aromatic nitrogens is 2. The highest BCUT2D eigenvalue weighted by Gasteiger charge is 2.12. The standard InChI is InChI=1S/C14H16BrClN2S/c1-3-18-13(14(15)10(2)17-18)9-19-8-11-6-4-5-7-12(11)16/h4-7H,3,8-9H2,1-2H3. The van der Waals surface area contributed by atoms with Gasteiger partial charge in [0.05, 0.1) is 15.9 Å². The van der Waals surface area contributed by atoms with E-state index < -0.39 is 0 Å². The first-order chi connectivity index (χ1) is 9.13. The van der Waals surface area contributed by atoms with E-state index in [1.165, 1.54) is 11.3 Å². The summed E-state index contributed by atoms with van der Waals surface area (Å²) >= 11 is 11.6. The smallest absolute Gasteiger partial charge is 0.0739 e. The zero-order valence-electron chi connectivity index (χ0n) is 11.0. The van der Waals surface area contributed by atoms with E-state index in [0.717, 1.165) is 33.2 Å². The van der Waals surface area contributed by atoms with Crippen molar-refractivity contribution in [3.05, 3.63) is 50.7 Å². The molecule has 0 aliphatic heterocycles. The summed E-state index contributed by atoms with van der Waals surface area (Å²) in [5.74, 6) is 1.85. The summed E-state index contributed by atoms with van der Waals surface area (Å²) in [5, 5.41) is 5.34. The van der Waals surface area contributed by atoms with Crippen LogP contribution in [-0.2, 0) is 18.1 Å². The fraction of sp³-hybridized carbons (Fsp3) is 0.357. The molecule has 1 aromatic carbocycles. The van der Waals surface area contributed by atoms with Gasteiger partial charge in [0.15, 0.2) is 0 Å². The van der Waals surface area contributed by atoms with Crippen LogP contribution in [0.5, 0.6) is 0 Å². The van der Waals surface area contributed by atoms with E-state index in [0.29, 0.717) is 0 Å². The maximum absolute atomic E-state index is 6.16. The van der Waals surface area contributed by atoms with E-state index in [9.17, 15) is 0 Å². The first-order valence-corrected chi connectivity index (χ1v) is 8.49. The normalized spacial score (nSPS) is 10.9. The monoisotopic (exact) mass is 358 g/mol. The minimum Gasteiger partial charge on any atom is -0.268 e. The molecule has 0 unspecified atom stereocenters. The lowest BCUT2D eigenvalue weighted by Crippen LogP contribution is -2.01. The SMILES string of the molecule is CCn1nc(C)c(Br)c1CSCc1ccccc1Cl. The maximum Gasteiger partial charge on any atom is 0.0739 e. The molecular weight excluding hydrogens is 344 g/mol. The Morgan fingerprint density at radius 2 is 2.05 bits per heavy atom. The van der Waals surface area contributed by atoms with Gasteiger partial charge in [0, 0.05) is 23.1 Å². The molecule has 0 saturated heterocycles. The van der Waals surface area contributed by atoms with E-state index >= 15 is 0 Å². The first kappa shape index (κ1) is 14.9. The number of aryl methyl sites for hydroxylation is 2. The summed E-state index contributed by atoms with van der Waals surface area (Å²) in [6, 6.07) is 8.00. The minimum absolute atomic E-state index is 0.842. The molecule has 1 aromatic heterocycles. The summed E-state index contributed by atoms with van der Waals surface area (Å²) in [6.45, 7) is 5.04. The van der Waals surface area contributed by atoms with Crippen LogP contribution in [0.25, 0.3) is 0 Å². The predicted octanol–water partition coefficient (Wildman–Crippen LogP) is 5.06. The summed E-state index contributed by atoms with van der Waals surface area (Å²) in [7, 11) is 0. The van der Waals surface area contributed by atoms with Gasteiger partial charge < -0.3 is 0 Å². The number of hydrogen-bond donors (Lipinski definition) is 0. The van der Waals surface area contributed by atoms with Crippen molar-refractivity contribution in [2.45, 2.75) is 31.9 Å². The average Bonchev–Trinajstić information content (AvgIpc) is 2.68. The van der Waals surface area contributed by atoms with Crippen molar-refractivity contribution in [2.24, 2.45) is 0 Å². The molecule has 5 heteroatoms. The molecule has 0 atom stereocenters. The fourth-order valence-electron chi connectivity index (χ4n) is 1.88. The van der Waals surface area contributed by atoms with Gasteiger partial charge in [-0.2, -0.15) is 16.9 Å². The number of benzene rings is 1. The molecular formula is C14H16BrClN2S. The number of nitrogens with zero attached hydrogens (tertiary/aromatic N) is 2. The molecule has 0 bridgehead atoms.